The highest BCUT2D eigenvalue weighted by atomic mass is 16.6. The fourth-order valence-electron chi connectivity index (χ4n) is 4.56. The molecule has 1 aliphatic rings. The van der Waals surface area contributed by atoms with Crippen LogP contribution in [0.5, 0.6) is 0 Å². The molecule has 1 fully saturated rings. The molecule has 3 aromatic heterocycles. The number of anilines is 1. The molecule has 3 N–H and O–H groups in total. The smallest absolute Gasteiger partial charge is 0.251 e. The lowest BCUT2D eigenvalue weighted by atomic mass is 10.1. The first-order valence-electron chi connectivity index (χ1n) is 12.2. The van der Waals surface area contributed by atoms with Crippen LogP contribution in [-0.4, -0.2) is 65.2 Å². The zero-order valence-electron chi connectivity index (χ0n) is 20.3. The van der Waals surface area contributed by atoms with Crippen LogP contribution in [0.25, 0.3) is 22.2 Å². The van der Waals surface area contributed by atoms with Gasteiger partial charge in [-0.2, -0.15) is 5.48 Å². The average molecular weight is 490 g/mol. The number of nitrogens with zero attached hydrogens (tertiary/aromatic N) is 3. The Kier molecular flexibility index (Phi) is 7.43. The Morgan fingerprint density at radius 3 is 3.03 bits per heavy atom. The number of hydroxylamine groups is 1. The summed E-state index contributed by atoms with van der Waals surface area (Å²) < 4.78 is 7.56. The predicted octanol–water partition coefficient (Wildman–Crippen LogP) is 2.47. The number of aliphatic hydroxyl groups is 1. The van der Waals surface area contributed by atoms with Crippen molar-refractivity contribution in [3.8, 4) is 11.1 Å². The van der Waals surface area contributed by atoms with Gasteiger partial charge < -0.3 is 24.3 Å². The first-order chi connectivity index (χ1) is 17.6. The highest BCUT2D eigenvalue weighted by Gasteiger charge is 2.22. The molecule has 1 atom stereocenters. The highest BCUT2D eigenvalue weighted by Crippen LogP contribution is 2.30. The van der Waals surface area contributed by atoms with E-state index in [1.807, 2.05) is 36.8 Å². The Morgan fingerprint density at radius 1 is 1.28 bits per heavy atom. The number of morpholine rings is 1. The molecule has 0 saturated carbocycles. The largest absolute Gasteiger partial charge is 0.394 e. The van der Waals surface area contributed by atoms with Crippen molar-refractivity contribution >= 4 is 16.7 Å². The van der Waals surface area contributed by atoms with Gasteiger partial charge in [-0.1, -0.05) is 29.8 Å². The number of H-pyrrole nitrogens is 1. The summed E-state index contributed by atoms with van der Waals surface area (Å²) in [5.74, 6) is 0. The lowest BCUT2D eigenvalue weighted by Crippen LogP contribution is -2.46. The van der Waals surface area contributed by atoms with Gasteiger partial charge in [0, 0.05) is 49.0 Å². The molecule has 9 nitrogen and oxygen atoms in total. The maximum Gasteiger partial charge on any atom is 0.251 e. The summed E-state index contributed by atoms with van der Waals surface area (Å²) in [7, 11) is 0. The fraction of sp³-hybridized carbons (Fsp3) is 0.333. The van der Waals surface area contributed by atoms with Crippen LogP contribution in [0.3, 0.4) is 0 Å². The van der Waals surface area contributed by atoms with E-state index in [0.29, 0.717) is 26.2 Å². The van der Waals surface area contributed by atoms with Gasteiger partial charge in [-0.05, 0) is 30.2 Å². The van der Waals surface area contributed by atoms with E-state index in [0.717, 1.165) is 40.0 Å². The van der Waals surface area contributed by atoms with Crippen LogP contribution in [0.4, 0.5) is 5.69 Å². The maximum absolute atomic E-state index is 12.9. The second kappa shape index (κ2) is 11.0. The molecule has 1 saturated heterocycles. The molecule has 36 heavy (non-hydrogen) atoms. The highest BCUT2D eigenvalue weighted by molar-refractivity contribution is 5.95. The molecule has 1 aromatic carbocycles. The van der Waals surface area contributed by atoms with Crippen molar-refractivity contribution in [1.82, 2.24) is 20.0 Å². The second-order valence-electron chi connectivity index (χ2n) is 9.02. The molecule has 1 unspecified atom stereocenters. The van der Waals surface area contributed by atoms with E-state index in [-0.39, 0.29) is 24.9 Å². The van der Waals surface area contributed by atoms with Crippen LogP contribution >= 0.6 is 0 Å². The summed E-state index contributed by atoms with van der Waals surface area (Å²) in [5, 5.41) is 9.80. The topological polar surface area (TPSA) is 105 Å². The number of hydrogen-bond donors (Lipinski definition) is 3. The number of benzene rings is 1. The van der Waals surface area contributed by atoms with Gasteiger partial charge in [-0.3, -0.25) is 9.63 Å². The minimum absolute atomic E-state index is 0.0305. The molecule has 0 spiro atoms. The third-order valence-corrected chi connectivity index (χ3v) is 6.37. The molecule has 0 radical (unpaired) electrons. The number of aromatic amines is 1. The van der Waals surface area contributed by atoms with Gasteiger partial charge >= 0.3 is 0 Å². The Labute approximate surface area is 209 Å². The maximum atomic E-state index is 12.9. The minimum Gasteiger partial charge on any atom is -0.394 e. The molecular weight excluding hydrogens is 458 g/mol. The van der Waals surface area contributed by atoms with Crippen molar-refractivity contribution in [3.63, 3.8) is 0 Å². The molecule has 5 rings (SSSR count). The Bertz CT molecular complexity index is 1380. The molecule has 0 aliphatic carbocycles. The number of fused-ring (bicyclic) bond motifs is 1. The summed E-state index contributed by atoms with van der Waals surface area (Å²) in [5.41, 5.74) is 8.67. The van der Waals surface area contributed by atoms with Gasteiger partial charge in [0.2, 0.25) is 0 Å². The van der Waals surface area contributed by atoms with E-state index in [2.05, 4.69) is 45.5 Å². The molecule has 4 aromatic rings. The zero-order valence-corrected chi connectivity index (χ0v) is 20.3. The lowest BCUT2D eigenvalue weighted by Gasteiger charge is -2.34. The minimum atomic E-state index is -0.0422. The Morgan fingerprint density at radius 2 is 2.19 bits per heavy atom. The number of aliphatic hydroxyl groups excluding tert-OH is 1. The lowest BCUT2D eigenvalue weighted by molar-refractivity contribution is -0.0272. The van der Waals surface area contributed by atoms with Crippen molar-refractivity contribution < 1.29 is 14.7 Å². The molecule has 1 aliphatic heterocycles. The second-order valence-corrected chi connectivity index (χ2v) is 9.02. The van der Waals surface area contributed by atoms with Crippen molar-refractivity contribution in [2.24, 2.45) is 0 Å². The summed E-state index contributed by atoms with van der Waals surface area (Å²) in [6.07, 6.45) is 5.58. The predicted molar refractivity (Wildman–Crippen MR) is 139 cm³/mol. The SMILES string of the molecule is Cc1cccc(Cn2ccc(-c3c[nH]c4ncc(N5CCOC(CNOCCO)C5)cc34)cc2=O)c1. The van der Waals surface area contributed by atoms with E-state index < -0.39 is 0 Å². The molecule has 188 valence electrons. The summed E-state index contributed by atoms with van der Waals surface area (Å²) in [4.78, 5) is 28.2. The Balaban J connectivity index is 1.35. The van der Waals surface area contributed by atoms with Gasteiger partial charge in [0.05, 0.1) is 44.4 Å². The quantitative estimate of drug-likeness (QED) is 0.245. The van der Waals surface area contributed by atoms with Crippen LogP contribution < -0.4 is 15.9 Å². The summed E-state index contributed by atoms with van der Waals surface area (Å²) in [6, 6.07) is 14.0. The molecule has 0 bridgehead atoms. The first-order valence-corrected chi connectivity index (χ1v) is 12.2. The van der Waals surface area contributed by atoms with Crippen LogP contribution in [0.1, 0.15) is 11.1 Å². The van der Waals surface area contributed by atoms with Gasteiger partial charge in [-0.25, -0.2) is 4.98 Å². The monoisotopic (exact) mass is 489 g/mol. The number of hydrogen-bond acceptors (Lipinski definition) is 7. The van der Waals surface area contributed by atoms with Crippen molar-refractivity contribution in [3.05, 3.63) is 82.5 Å². The number of ether oxygens (including phenoxy) is 1. The number of nitrogens with one attached hydrogen (secondary N) is 2. The number of pyridine rings is 2. The van der Waals surface area contributed by atoms with E-state index in [9.17, 15) is 4.79 Å². The van der Waals surface area contributed by atoms with Gasteiger partial charge in [-0.15, -0.1) is 0 Å². The fourth-order valence-corrected chi connectivity index (χ4v) is 4.56. The summed E-state index contributed by atoms with van der Waals surface area (Å²) >= 11 is 0. The Hall–Kier alpha value is -3.50. The van der Waals surface area contributed by atoms with E-state index in [1.54, 1.807) is 10.6 Å². The normalized spacial score (nSPS) is 16.1. The molecule has 4 heterocycles. The van der Waals surface area contributed by atoms with E-state index in [1.165, 1.54) is 5.56 Å². The van der Waals surface area contributed by atoms with Gasteiger partial charge in [0.1, 0.15) is 5.65 Å². The molecule has 9 heteroatoms. The third kappa shape index (κ3) is 5.50. The third-order valence-electron chi connectivity index (χ3n) is 6.37. The standard InChI is InChI=1S/C27H31N5O4/c1-19-3-2-4-20(11-19)17-32-6-5-21(12-26(32)34)25-16-29-27-24(25)13-22(14-28-27)31-7-9-35-23(18-31)15-30-36-10-8-33/h2-6,11-14,16,23,30,33H,7-10,15,17-18H2,1H3,(H,28,29). The van der Waals surface area contributed by atoms with Gasteiger partial charge in [0.15, 0.2) is 0 Å². The van der Waals surface area contributed by atoms with Crippen molar-refractivity contribution in [2.75, 3.05) is 44.4 Å². The zero-order chi connectivity index (χ0) is 24.9. The van der Waals surface area contributed by atoms with Crippen LogP contribution in [0.2, 0.25) is 0 Å². The number of rotatable bonds is 9. The van der Waals surface area contributed by atoms with Crippen molar-refractivity contribution in [1.29, 1.82) is 0 Å². The molecule has 0 amide bonds. The van der Waals surface area contributed by atoms with E-state index in [4.69, 9.17) is 14.7 Å². The van der Waals surface area contributed by atoms with Crippen molar-refractivity contribution in [2.45, 2.75) is 19.6 Å². The number of aryl methyl sites for hydroxylation is 1. The average Bonchev–Trinajstić information content (AvgIpc) is 3.31. The first kappa shape index (κ1) is 24.2. The number of aromatic nitrogens is 3. The van der Waals surface area contributed by atoms with Gasteiger partial charge in [0.25, 0.3) is 5.56 Å². The van der Waals surface area contributed by atoms with Crippen LogP contribution in [0.15, 0.2) is 65.8 Å². The molecular formula is C27H31N5O4. The van der Waals surface area contributed by atoms with Crippen LogP contribution in [-0.2, 0) is 16.1 Å². The van der Waals surface area contributed by atoms with Crippen LogP contribution in [0, 0.1) is 6.92 Å². The van der Waals surface area contributed by atoms with E-state index >= 15 is 0 Å². The summed E-state index contributed by atoms with van der Waals surface area (Å²) in [6.45, 7) is 5.38.